The van der Waals surface area contributed by atoms with E-state index in [1.54, 1.807) is 12.4 Å². The first kappa shape index (κ1) is 12.2. The van der Waals surface area contributed by atoms with Crippen LogP contribution in [-0.2, 0) is 11.3 Å². The predicted molar refractivity (Wildman–Crippen MR) is 73.8 cm³/mol. The van der Waals surface area contributed by atoms with Crippen molar-refractivity contribution in [1.29, 1.82) is 0 Å². The Morgan fingerprint density at radius 2 is 2.05 bits per heavy atom. The highest BCUT2D eigenvalue weighted by atomic mass is 16.5. The van der Waals surface area contributed by atoms with Crippen molar-refractivity contribution in [3.63, 3.8) is 0 Å². The molecular formula is C15H12N2O3. The van der Waals surface area contributed by atoms with Gasteiger partial charge in [-0.15, -0.1) is 0 Å². The molecule has 0 spiro atoms. The fourth-order valence-electron chi connectivity index (χ4n) is 2.04. The zero-order valence-corrected chi connectivity index (χ0v) is 10.6. The number of benzene rings is 1. The number of hydrogen-bond donors (Lipinski definition) is 1. The summed E-state index contributed by atoms with van der Waals surface area (Å²) < 4.78 is 10.7. The SMILES string of the molecule is NC(=O)OCc1cccc2cc(-c3ccncc3)oc12. The Morgan fingerprint density at radius 3 is 2.80 bits per heavy atom. The van der Waals surface area contributed by atoms with Gasteiger partial charge in [-0.25, -0.2) is 4.79 Å². The van der Waals surface area contributed by atoms with Gasteiger partial charge in [-0.2, -0.15) is 0 Å². The minimum atomic E-state index is -0.803. The van der Waals surface area contributed by atoms with Crippen molar-refractivity contribution < 1.29 is 13.9 Å². The Kier molecular flexibility index (Phi) is 3.09. The first-order chi connectivity index (χ1) is 9.74. The average Bonchev–Trinajstić information content (AvgIpc) is 2.90. The van der Waals surface area contributed by atoms with Crippen LogP contribution in [0.3, 0.4) is 0 Å². The van der Waals surface area contributed by atoms with Crippen molar-refractivity contribution in [1.82, 2.24) is 4.98 Å². The predicted octanol–water partition coefficient (Wildman–Crippen LogP) is 3.09. The summed E-state index contributed by atoms with van der Waals surface area (Å²) in [7, 11) is 0. The number of pyridine rings is 1. The molecule has 2 heterocycles. The van der Waals surface area contributed by atoms with E-state index in [1.807, 2.05) is 36.4 Å². The molecule has 3 rings (SSSR count). The second-order valence-corrected chi connectivity index (χ2v) is 4.29. The lowest BCUT2D eigenvalue weighted by atomic mass is 10.1. The summed E-state index contributed by atoms with van der Waals surface area (Å²) in [4.78, 5) is 14.7. The summed E-state index contributed by atoms with van der Waals surface area (Å²) in [5.41, 5.74) is 7.40. The van der Waals surface area contributed by atoms with Gasteiger partial charge >= 0.3 is 6.09 Å². The van der Waals surface area contributed by atoms with Gasteiger partial charge in [0.1, 0.15) is 18.0 Å². The van der Waals surface area contributed by atoms with Crippen LogP contribution in [0.25, 0.3) is 22.3 Å². The van der Waals surface area contributed by atoms with Crippen molar-refractivity contribution in [2.75, 3.05) is 0 Å². The zero-order chi connectivity index (χ0) is 13.9. The number of hydrogen-bond acceptors (Lipinski definition) is 4. The van der Waals surface area contributed by atoms with Gasteiger partial charge in [0.05, 0.1) is 0 Å². The monoisotopic (exact) mass is 268 g/mol. The number of rotatable bonds is 3. The molecule has 0 aliphatic rings. The van der Waals surface area contributed by atoms with Gasteiger partial charge < -0.3 is 14.9 Å². The van der Waals surface area contributed by atoms with Crippen LogP contribution in [0.5, 0.6) is 0 Å². The van der Waals surface area contributed by atoms with Crippen LogP contribution >= 0.6 is 0 Å². The van der Waals surface area contributed by atoms with E-state index in [2.05, 4.69) is 4.98 Å². The molecule has 0 atom stereocenters. The number of nitrogens with two attached hydrogens (primary N) is 1. The van der Waals surface area contributed by atoms with Crippen molar-refractivity contribution >= 4 is 17.1 Å². The Bertz CT molecular complexity index is 750. The Morgan fingerprint density at radius 1 is 1.25 bits per heavy atom. The van der Waals surface area contributed by atoms with Crippen molar-refractivity contribution in [3.05, 3.63) is 54.4 Å². The fraction of sp³-hybridized carbons (Fsp3) is 0.0667. The lowest BCUT2D eigenvalue weighted by Crippen LogP contribution is -2.12. The Balaban J connectivity index is 2.02. The van der Waals surface area contributed by atoms with Gasteiger partial charge in [0.15, 0.2) is 0 Å². The molecule has 100 valence electrons. The van der Waals surface area contributed by atoms with E-state index in [0.29, 0.717) is 5.58 Å². The van der Waals surface area contributed by atoms with Crippen LogP contribution in [0.4, 0.5) is 4.79 Å². The van der Waals surface area contributed by atoms with E-state index in [4.69, 9.17) is 14.9 Å². The average molecular weight is 268 g/mol. The maximum atomic E-state index is 10.7. The molecular weight excluding hydrogens is 256 g/mol. The van der Waals surface area contributed by atoms with Gasteiger partial charge in [0.25, 0.3) is 0 Å². The maximum Gasteiger partial charge on any atom is 0.404 e. The lowest BCUT2D eigenvalue weighted by molar-refractivity contribution is 0.150. The molecule has 0 saturated carbocycles. The van der Waals surface area contributed by atoms with Crippen LogP contribution < -0.4 is 5.73 Å². The second-order valence-electron chi connectivity index (χ2n) is 4.29. The molecule has 0 aliphatic heterocycles. The number of aromatic nitrogens is 1. The van der Waals surface area contributed by atoms with E-state index in [0.717, 1.165) is 22.3 Å². The summed E-state index contributed by atoms with van der Waals surface area (Å²) in [6.07, 6.45) is 2.61. The zero-order valence-electron chi connectivity index (χ0n) is 10.6. The van der Waals surface area contributed by atoms with E-state index >= 15 is 0 Å². The number of para-hydroxylation sites is 1. The van der Waals surface area contributed by atoms with E-state index in [-0.39, 0.29) is 6.61 Å². The quantitative estimate of drug-likeness (QED) is 0.791. The van der Waals surface area contributed by atoms with Gasteiger partial charge in [-0.1, -0.05) is 18.2 Å². The molecule has 0 saturated heterocycles. The van der Waals surface area contributed by atoms with Crippen LogP contribution in [0.2, 0.25) is 0 Å². The molecule has 0 fully saturated rings. The molecule has 0 unspecified atom stereocenters. The summed E-state index contributed by atoms with van der Waals surface area (Å²) in [6.45, 7) is 0.0932. The number of carbonyl (C=O) groups excluding carboxylic acids is 1. The van der Waals surface area contributed by atoms with E-state index in [9.17, 15) is 4.79 Å². The molecule has 0 aliphatic carbocycles. The summed E-state index contributed by atoms with van der Waals surface area (Å²) in [6, 6.07) is 11.4. The number of amides is 1. The lowest BCUT2D eigenvalue weighted by Gasteiger charge is -2.02. The molecule has 0 radical (unpaired) electrons. The molecule has 1 aromatic carbocycles. The van der Waals surface area contributed by atoms with E-state index in [1.165, 1.54) is 0 Å². The third-order valence-electron chi connectivity index (χ3n) is 2.96. The van der Waals surface area contributed by atoms with Gasteiger partial charge in [-0.3, -0.25) is 4.98 Å². The number of carbonyl (C=O) groups is 1. The fourth-order valence-corrected chi connectivity index (χ4v) is 2.04. The largest absolute Gasteiger partial charge is 0.456 e. The van der Waals surface area contributed by atoms with Crippen LogP contribution in [0, 0.1) is 0 Å². The Hall–Kier alpha value is -2.82. The molecule has 1 amide bonds. The topological polar surface area (TPSA) is 78.4 Å². The molecule has 5 heteroatoms. The highest BCUT2D eigenvalue weighted by Crippen LogP contribution is 2.29. The van der Waals surface area contributed by atoms with Crippen LogP contribution in [-0.4, -0.2) is 11.1 Å². The van der Waals surface area contributed by atoms with Crippen LogP contribution in [0.1, 0.15) is 5.56 Å². The van der Waals surface area contributed by atoms with Crippen molar-refractivity contribution in [2.45, 2.75) is 6.61 Å². The molecule has 0 bridgehead atoms. The highest BCUT2D eigenvalue weighted by molar-refractivity contribution is 5.85. The minimum Gasteiger partial charge on any atom is -0.456 e. The third-order valence-corrected chi connectivity index (χ3v) is 2.96. The van der Waals surface area contributed by atoms with Crippen molar-refractivity contribution in [2.24, 2.45) is 5.73 Å². The van der Waals surface area contributed by atoms with Crippen molar-refractivity contribution in [3.8, 4) is 11.3 Å². The number of fused-ring (bicyclic) bond motifs is 1. The minimum absolute atomic E-state index is 0.0932. The first-order valence-electron chi connectivity index (χ1n) is 6.08. The number of furan rings is 1. The van der Waals surface area contributed by atoms with Gasteiger partial charge in [0.2, 0.25) is 0 Å². The number of ether oxygens (including phenoxy) is 1. The molecule has 5 nitrogen and oxygen atoms in total. The second kappa shape index (κ2) is 5.05. The van der Waals surface area contributed by atoms with Gasteiger partial charge in [-0.05, 0) is 18.2 Å². The number of primary amides is 1. The Labute approximate surface area is 115 Å². The summed E-state index contributed by atoms with van der Waals surface area (Å²) >= 11 is 0. The maximum absolute atomic E-state index is 10.7. The van der Waals surface area contributed by atoms with Crippen LogP contribution in [0.15, 0.2) is 53.2 Å². The first-order valence-corrected chi connectivity index (χ1v) is 6.08. The summed E-state index contributed by atoms with van der Waals surface area (Å²) in [5, 5.41) is 0.947. The molecule has 2 N–H and O–H groups in total. The summed E-state index contributed by atoms with van der Waals surface area (Å²) in [5.74, 6) is 0.744. The highest BCUT2D eigenvalue weighted by Gasteiger charge is 2.10. The third kappa shape index (κ3) is 2.33. The molecule has 3 aromatic rings. The number of nitrogens with zero attached hydrogens (tertiary/aromatic N) is 1. The molecule has 20 heavy (non-hydrogen) atoms. The smallest absolute Gasteiger partial charge is 0.404 e. The van der Waals surface area contributed by atoms with E-state index < -0.39 is 6.09 Å². The standard InChI is InChI=1S/C15H12N2O3/c16-15(18)19-9-12-3-1-2-11-8-13(20-14(11)12)10-4-6-17-7-5-10/h1-8H,9H2,(H2,16,18). The normalized spacial score (nSPS) is 10.6. The molecule has 2 aromatic heterocycles. The van der Waals surface area contributed by atoms with Gasteiger partial charge in [0, 0.05) is 28.9 Å².